The summed E-state index contributed by atoms with van der Waals surface area (Å²) in [6, 6.07) is 4.01. The topological polar surface area (TPSA) is 37.3 Å². The Morgan fingerprint density at radius 3 is 2.32 bits per heavy atom. The Bertz CT molecular complexity index is 466. The van der Waals surface area contributed by atoms with Crippen LogP contribution in [0.2, 0.25) is 0 Å². The van der Waals surface area contributed by atoms with E-state index in [2.05, 4.69) is 6.58 Å². The highest BCUT2D eigenvalue weighted by Gasteiger charge is 2.30. The molecule has 0 aliphatic heterocycles. The molecule has 19 heavy (non-hydrogen) atoms. The fraction of sp³-hybridized carbons (Fsp3) is 0.308. The van der Waals surface area contributed by atoms with Gasteiger partial charge in [0, 0.05) is 5.57 Å². The van der Waals surface area contributed by atoms with Crippen LogP contribution in [0.25, 0.3) is 0 Å². The van der Waals surface area contributed by atoms with E-state index in [0.29, 0.717) is 5.75 Å². The molecule has 0 heterocycles. The minimum Gasteiger partial charge on any atom is -0.384 e. The fourth-order valence-corrected chi connectivity index (χ4v) is 1.95. The first-order valence-electron chi connectivity index (χ1n) is 5.48. The molecule has 0 fully saturated rings. The third-order valence-electron chi connectivity index (χ3n) is 2.42. The largest absolute Gasteiger partial charge is 0.416 e. The number of benzene rings is 1. The molecule has 6 heteroatoms. The van der Waals surface area contributed by atoms with Crippen molar-refractivity contribution in [2.24, 2.45) is 0 Å². The highest BCUT2D eigenvalue weighted by Crippen LogP contribution is 2.31. The van der Waals surface area contributed by atoms with Crippen molar-refractivity contribution in [1.29, 1.82) is 0 Å². The van der Waals surface area contributed by atoms with Gasteiger partial charge in [0.1, 0.15) is 6.10 Å². The molecule has 104 valence electrons. The van der Waals surface area contributed by atoms with E-state index in [9.17, 15) is 23.1 Å². The van der Waals surface area contributed by atoms with Crippen LogP contribution in [0.15, 0.2) is 36.4 Å². The summed E-state index contributed by atoms with van der Waals surface area (Å²) in [5, 5.41) is 9.50. The maximum absolute atomic E-state index is 12.4. The van der Waals surface area contributed by atoms with E-state index in [1.54, 1.807) is 6.92 Å². The van der Waals surface area contributed by atoms with E-state index in [0.717, 1.165) is 36.0 Å². The van der Waals surface area contributed by atoms with Gasteiger partial charge in [-0.3, -0.25) is 4.79 Å². The molecule has 0 saturated carbocycles. The molecule has 0 spiro atoms. The number of aliphatic hydroxyl groups excluding tert-OH is 1. The molecule has 0 aliphatic rings. The van der Waals surface area contributed by atoms with E-state index in [4.69, 9.17) is 0 Å². The predicted octanol–water partition coefficient (Wildman–Crippen LogP) is 3.57. The molecule has 1 aromatic rings. The van der Waals surface area contributed by atoms with Gasteiger partial charge in [0.25, 0.3) is 0 Å². The van der Waals surface area contributed by atoms with Crippen LogP contribution in [0, 0.1) is 0 Å². The van der Waals surface area contributed by atoms with Gasteiger partial charge in [0.2, 0.25) is 5.12 Å². The standard InChI is InChI=1S/C13H13F3O2S/c1-3-19-12(18)8(2)11(17)9-4-6-10(7-5-9)13(14,15)16/h4-7,11,17H,2-3H2,1H3. The van der Waals surface area contributed by atoms with Crippen molar-refractivity contribution >= 4 is 16.9 Å². The molecule has 0 radical (unpaired) electrons. The first-order valence-corrected chi connectivity index (χ1v) is 6.47. The van der Waals surface area contributed by atoms with Gasteiger partial charge in [-0.15, -0.1) is 0 Å². The maximum atomic E-state index is 12.4. The van der Waals surface area contributed by atoms with E-state index in [-0.39, 0.29) is 16.3 Å². The lowest BCUT2D eigenvalue weighted by molar-refractivity contribution is -0.137. The molecule has 0 aliphatic carbocycles. The summed E-state index contributed by atoms with van der Waals surface area (Å²) >= 11 is 0.991. The minimum atomic E-state index is -4.42. The maximum Gasteiger partial charge on any atom is 0.416 e. The second-order valence-corrected chi connectivity index (χ2v) is 5.00. The lowest BCUT2D eigenvalue weighted by atomic mass is 10.0. The monoisotopic (exact) mass is 290 g/mol. The van der Waals surface area contributed by atoms with Crippen LogP contribution in [0.5, 0.6) is 0 Å². The Morgan fingerprint density at radius 1 is 1.37 bits per heavy atom. The Balaban J connectivity index is 2.86. The van der Waals surface area contributed by atoms with Gasteiger partial charge in [-0.25, -0.2) is 0 Å². The van der Waals surface area contributed by atoms with Gasteiger partial charge in [0.15, 0.2) is 0 Å². The minimum absolute atomic E-state index is 0.0355. The zero-order valence-electron chi connectivity index (χ0n) is 10.2. The fourth-order valence-electron chi connectivity index (χ4n) is 1.39. The predicted molar refractivity (Wildman–Crippen MR) is 68.7 cm³/mol. The average Bonchev–Trinajstić information content (AvgIpc) is 2.36. The third-order valence-corrected chi connectivity index (χ3v) is 3.23. The number of aliphatic hydroxyl groups is 1. The average molecular weight is 290 g/mol. The quantitative estimate of drug-likeness (QED) is 0.861. The second-order valence-electron chi connectivity index (χ2n) is 3.77. The summed E-state index contributed by atoms with van der Waals surface area (Å²) in [5.74, 6) is 0.539. The molecular weight excluding hydrogens is 277 g/mol. The van der Waals surface area contributed by atoms with Crippen molar-refractivity contribution in [1.82, 2.24) is 0 Å². The van der Waals surface area contributed by atoms with Crippen molar-refractivity contribution in [3.63, 3.8) is 0 Å². The second kappa shape index (κ2) is 6.25. The Labute approximate surface area is 113 Å². The zero-order chi connectivity index (χ0) is 14.6. The molecule has 2 nitrogen and oxygen atoms in total. The third kappa shape index (κ3) is 4.11. The molecule has 1 rings (SSSR count). The van der Waals surface area contributed by atoms with E-state index in [1.165, 1.54) is 0 Å². The van der Waals surface area contributed by atoms with Crippen LogP contribution in [-0.2, 0) is 11.0 Å². The molecule has 0 bridgehead atoms. The van der Waals surface area contributed by atoms with Gasteiger partial charge < -0.3 is 5.11 Å². The molecular formula is C13H13F3O2S. The summed E-state index contributed by atoms with van der Waals surface area (Å²) < 4.78 is 37.1. The number of hydrogen-bond donors (Lipinski definition) is 1. The molecule has 1 aromatic carbocycles. The smallest absolute Gasteiger partial charge is 0.384 e. The highest BCUT2D eigenvalue weighted by molar-refractivity contribution is 8.14. The molecule has 0 saturated heterocycles. The molecule has 0 amide bonds. The zero-order valence-corrected chi connectivity index (χ0v) is 11.0. The van der Waals surface area contributed by atoms with E-state index in [1.807, 2.05) is 0 Å². The van der Waals surface area contributed by atoms with Crippen LogP contribution in [-0.4, -0.2) is 16.0 Å². The summed E-state index contributed by atoms with van der Waals surface area (Å²) in [5.41, 5.74) is -0.627. The van der Waals surface area contributed by atoms with Gasteiger partial charge in [-0.05, 0) is 23.4 Å². The van der Waals surface area contributed by atoms with Crippen LogP contribution in [0.4, 0.5) is 13.2 Å². The Hall–Kier alpha value is -1.27. The number of alkyl halides is 3. The van der Waals surface area contributed by atoms with Crippen molar-refractivity contribution in [3.8, 4) is 0 Å². The first-order chi connectivity index (χ1) is 8.77. The lowest BCUT2D eigenvalue weighted by Gasteiger charge is -2.14. The van der Waals surface area contributed by atoms with E-state index < -0.39 is 17.8 Å². The first kappa shape index (κ1) is 15.8. The van der Waals surface area contributed by atoms with Crippen LogP contribution < -0.4 is 0 Å². The van der Waals surface area contributed by atoms with Gasteiger partial charge in [-0.2, -0.15) is 13.2 Å². The van der Waals surface area contributed by atoms with Gasteiger partial charge >= 0.3 is 6.18 Å². The van der Waals surface area contributed by atoms with Gasteiger partial charge in [0.05, 0.1) is 5.56 Å². The summed E-state index contributed by atoms with van der Waals surface area (Å²) in [6.45, 7) is 5.26. The van der Waals surface area contributed by atoms with Crippen molar-refractivity contribution in [3.05, 3.63) is 47.5 Å². The van der Waals surface area contributed by atoms with Crippen LogP contribution >= 0.6 is 11.8 Å². The highest BCUT2D eigenvalue weighted by atomic mass is 32.2. The number of carbonyl (C=O) groups is 1. The SMILES string of the molecule is C=C(C(=O)SCC)C(O)c1ccc(C(F)(F)F)cc1. The summed E-state index contributed by atoms with van der Waals surface area (Å²) in [4.78, 5) is 11.5. The molecule has 1 N–H and O–H groups in total. The molecule has 1 atom stereocenters. The normalized spacial score (nSPS) is 13.1. The van der Waals surface area contributed by atoms with Gasteiger partial charge in [-0.1, -0.05) is 37.4 Å². The van der Waals surface area contributed by atoms with Crippen molar-refractivity contribution in [2.45, 2.75) is 19.2 Å². The van der Waals surface area contributed by atoms with E-state index >= 15 is 0 Å². The number of carbonyl (C=O) groups excluding carboxylic acids is 1. The number of rotatable bonds is 4. The number of halogens is 3. The van der Waals surface area contributed by atoms with Crippen molar-refractivity contribution < 1.29 is 23.1 Å². The number of thioether (sulfide) groups is 1. The Kier molecular flexibility index (Phi) is 5.20. The lowest BCUT2D eigenvalue weighted by Crippen LogP contribution is -2.09. The summed E-state index contributed by atoms with van der Waals surface area (Å²) in [7, 11) is 0. The molecule has 1 unspecified atom stereocenters. The summed E-state index contributed by atoms with van der Waals surface area (Å²) in [6.07, 6.45) is -5.71. The number of hydrogen-bond acceptors (Lipinski definition) is 3. The van der Waals surface area contributed by atoms with Crippen LogP contribution in [0.3, 0.4) is 0 Å². The van der Waals surface area contributed by atoms with Crippen LogP contribution in [0.1, 0.15) is 24.2 Å². The van der Waals surface area contributed by atoms with Crippen molar-refractivity contribution in [2.75, 3.05) is 5.75 Å². The Morgan fingerprint density at radius 2 is 1.89 bits per heavy atom. The molecule has 0 aromatic heterocycles.